The van der Waals surface area contributed by atoms with Gasteiger partial charge < -0.3 is 4.98 Å². The Bertz CT molecular complexity index is 691. The highest BCUT2D eigenvalue weighted by Crippen LogP contribution is 2.24. The van der Waals surface area contributed by atoms with E-state index in [4.69, 9.17) is 11.6 Å². The van der Waals surface area contributed by atoms with Crippen LogP contribution in [-0.2, 0) is 12.8 Å². The van der Waals surface area contributed by atoms with Crippen LogP contribution in [0.4, 0.5) is 0 Å². The van der Waals surface area contributed by atoms with Gasteiger partial charge in [0.1, 0.15) is 5.82 Å². The van der Waals surface area contributed by atoms with Crippen molar-refractivity contribution in [2.45, 2.75) is 32.6 Å². The molecule has 0 saturated heterocycles. The van der Waals surface area contributed by atoms with Gasteiger partial charge in [0.25, 0.3) is 5.56 Å². The minimum Gasteiger partial charge on any atom is -0.306 e. The number of hydrogen-bond donors (Lipinski definition) is 1. The number of benzene rings is 1. The molecule has 3 nitrogen and oxygen atoms in total. The number of aromatic nitrogens is 2. The van der Waals surface area contributed by atoms with Crippen molar-refractivity contribution in [1.82, 2.24) is 9.97 Å². The largest absolute Gasteiger partial charge is 0.306 e. The Morgan fingerprint density at radius 3 is 2.84 bits per heavy atom. The average Bonchev–Trinajstić information content (AvgIpc) is 2.42. The van der Waals surface area contributed by atoms with Gasteiger partial charge in [-0.15, -0.1) is 0 Å². The number of aryl methyl sites for hydroxylation is 2. The van der Waals surface area contributed by atoms with Gasteiger partial charge in [0.05, 0.1) is 5.69 Å². The van der Waals surface area contributed by atoms with Crippen LogP contribution in [-0.4, -0.2) is 9.97 Å². The van der Waals surface area contributed by atoms with Crippen LogP contribution in [0.5, 0.6) is 0 Å². The van der Waals surface area contributed by atoms with Crippen molar-refractivity contribution in [2.75, 3.05) is 0 Å². The Hall–Kier alpha value is -1.61. The normalized spacial score (nSPS) is 14.2. The predicted octanol–water partition coefficient (Wildman–Crippen LogP) is 3.28. The Morgan fingerprint density at radius 2 is 2.05 bits per heavy atom. The van der Waals surface area contributed by atoms with Crippen LogP contribution in [0, 0.1) is 6.92 Å². The summed E-state index contributed by atoms with van der Waals surface area (Å²) in [6, 6.07) is 5.73. The van der Waals surface area contributed by atoms with E-state index in [0.717, 1.165) is 48.1 Å². The van der Waals surface area contributed by atoms with E-state index in [9.17, 15) is 4.79 Å². The molecule has 2 aromatic rings. The summed E-state index contributed by atoms with van der Waals surface area (Å²) in [6.45, 7) is 1.95. The van der Waals surface area contributed by atoms with E-state index in [0.29, 0.717) is 10.8 Å². The molecule has 0 fully saturated rings. The molecule has 0 aliphatic heterocycles. The molecule has 0 unspecified atom stereocenters. The monoisotopic (exact) mass is 274 g/mol. The minimum atomic E-state index is -0.00334. The molecule has 1 N–H and O–H groups in total. The van der Waals surface area contributed by atoms with Gasteiger partial charge in [-0.1, -0.05) is 23.7 Å². The third kappa shape index (κ3) is 2.30. The van der Waals surface area contributed by atoms with Crippen LogP contribution >= 0.6 is 11.6 Å². The van der Waals surface area contributed by atoms with E-state index in [2.05, 4.69) is 9.97 Å². The van der Waals surface area contributed by atoms with Gasteiger partial charge in [0.15, 0.2) is 0 Å². The molecule has 0 atom stereocenters. The Kier molecular flexibility index (Phi) is 3.15. The fraction of sp³-hybridized carbons (Fsp3) is 0.333. The molecule has 0 radical (unpaired) electrons. The van der Waals surface area contributed by atoms with Gasteiger partial charge in [0, 0.05) is 16.1 Å². The number of aromatic amines is 1. The summed E-state index contributed by atoms with van der Waals surface area (Å²) in [4.78, 5) is 19.6. The van der Waals surface area contributed by atoms with E-state index in [1.807, 2.05) is 25.1 Å². The molecule has 1 aromatic carbocycles. The van der Waals surface area contributed by atoms with Crippen molar-refractivity contribution in [3.8, 4) is 11.4 Å². The van der Waals surface area contributed by atoms with Crippen LogP contribution in [0.2, 0.25) is 5.02 Å². The standard InChI is InChI=1S/C15H15ClN2O/c1-9-6-7-10(8-12(9)16)14-17-13-5-3-2-4-11(13)15(19)18-14/h6-8H,2-5H2,1H3,(H,17,18,19). The first kappa shape index (κ1) is 12.4. The molecular formula is C15H15ClN2O. The zero-order valence-electron chi connectivity index (χ0n) is 10.8. The van der Waals surface area contributed by atoms with Crippen LogP contribution in [0.3, 0.4) is 0 Å². The van der Waals surface area contributed by atoms with Gasteiger partial charge in [-0.05, 0) is 44.2 Å². The highest BCUT2D eigenvalue weighted by molar-refractivity contribution is 6.31. The maximum Gasteiger partial charge on any atom is 0.254 e. The topological polar surface area (TPSA) is 45.8 Å². The number of H-pyrrole nitrogens is 1. The van der Waals surface area contributed by atoms with Gasteiger partial charge in [-0.25, -0.2) is 4.98 Å². The molecule has 3 rings (SSSR count). The summed E-state index contributed by atoms with van der Waals surface area (Å²) in [5.41, 5.74) is 3.68. The van der Waals surface area contributed by atoms with E-state index in [-0.39, 0.29) is 5.56 Å². The van der Waals surface area contributed by atoms with Crippen LogP contribution in [0.25, 0.3) is 11.4 Å². The van der Waals surface area contributed by atoms with Gasteiger partial charge in [-0.2, -0.15) is 0 Å². The summed E-state index contributed by atoms with van der Waals surface area (Å²) in [7, 11) is 0. The van der Waals surface area contributed by atoms with Crippen molar-refractivity contribution in [2.24, 2.45) is 0 Å². The Balaban J connectivity index is 2.12. The summed E-state index contributed by atoms with van der Waals surface area (Å²) in [6.07, 6.45) is 3.92. The third-order valence-electron chi connectivity index (χ3n) is 3.64. The molecule has 19 heavy (non-hydrogen) atoms. The second-order valence-corrected chi connectivity index (χ2v) is 5.42. The quantitative estimate of drug-likeness (QED) is 0.867. The molecule has 0 bridgehead atoms. The van der Waals surface area contributed by atoms with Crippen LogP contribution in [0.1, 0.15) is 29.7 Å². The lowest BCUT2D eigenvalue weighted by molar-refractivity contribution is 0.657. The first-order chi connectivity index (χ1) is 9.15. The van der Waals surface area contributed by atoms with E-state index in [1.54, 1.807) is 0 Å². The van der Waals surface area contributed by atoms with Gasteiger partial charge in [-0.3, -0.25) is 4.79 Å². The average molecular weight is 275 g/mol. The molecule has 0 spiro atoms. The number of halogens is 1. The molecular weight excluding hydrogens is 260 g/mol. The lowest BCUT2D eigenvalue weighted by Gasteiger charge is -2.14. The van der Waals surface area contributed by atoms with Gasteiger partial charge >= 0.3 is 0 Å². The lowest BCUT2D eigenvalue weighted by atomic mass is 9.97. The molecule has 0 saturated carbocycles. The van der Waals surface area contributed by atoms with Crippen molar-refractivity contribution in [3.63, 3.8) is 0 Å². The van der Waals surface area contributed by atoms with Crippen molar-refractivity contribution < 1.29 is 0 Å². The molecule has 0 amide bonds. The summed E-state index contributed by atoms with van der Waals surface area (Å²) in [5, 5.41) is 0.692. The first-order valence-electron chi connectivity index (χ1n) is 6.54. The zero-order valence-corrected chi connectivity index (χ0v) is 11.5. The lowest BCUT2D eigenvalue weighted by Crippen LogP contribution is -2.21. The SMILES string of the molecule is Cc1ccc(-c2nc3c(c(=O)[nH]2)CCCC3)cc1Cl. The summed E-state index contributed by atoms with van der Waals surface area (Å²) < 4.78 is 0. The highest BCUT2D eigenvalue weighted by atomic mass is 35.5. The van der Waals surface area contributed by atoms with Crippen molar-refractivity contribution in [3.05, 3.63) is 50.4 Å². The summed E-state index contributed by atoms with van der Waals surface area (Å²) >= 11 is 6.13. The molecule has 1 aromatic heterocycles. The van der Waals surface area contributed by atoms with E-state index in [1.165, 1.54) is 0 Å². The number of rotatable bonds is 1. The number of hydrogen-bond acceptors (Lipinski definition) is 2. The molecule has 98 valence electrons. The second kappa shape index (κ2) is 4.82. The number of nitrogens with one attached hydrogen (secondary N) is 1. The van der Waals surface area contributed by atoms with E-state index < -0.39 is 0 Å². The summed E-state index contributed by atoms with van der Waals surface area (Å²) in [5.74, 6) is 0.618. The first-order valence-corrected chi connectivity index (χ1v) is 6.91. The molecule has 1 aliphatic rings. The molecule has 4 heteroatoms. The number of fused-ring (bicyclic) bond motifs is 1. The molecule has 1 aliphatic carbocycles. The smallest absolute Gasteiger partial charge is 0.254 e. The van der Waals surface area contributed by atoms with Crippen LogP contribution < -0.4 is 5.56 Å². The fourth-order valence-corrected chi connectivity index (χ4v) is 2.66. The van der Waals surface area contributed by atoms with Crippen molar-refractivity contribution in [1.29, 1.82) is 0 Å². The Labute approximate surface area is 116 Å². The second-order valence-electron chi connectivity index (χ2n) is 5.01. The molecule has 1 heterocycles. The number of nitrogens with zero attached hydrogens (tertiary/aromatic N) is 1. The maximum absolute atomic E-state index is 12.1. The third-order valence-corrected chi connectivity index (χ3v) is 4.04. The predicted molar refractivity (Wildman–Crippen MR) is 76.7 cm³/mol. The maximum atomic E-state index is 12.1. The Morgan fingerprint density at radius 1 is 1.26 bits per heavy atom. The van der Waals surface area contributed by atoms with E-state index >= 15 is 0 Å². The zero-order chi connectivity index (χ0) is 13.4. The minimum absolute atomic E-state index is 0.00334. The fourth-order valence-electron chi connectivity index (χ4n) is 2.48. The van der Waals surface area contributed by atoms with Gasteiger partial charge in [0.2, 0.25) is 0 Å². The van der Waals surface area contributed by atoms with Crippen LogP contribution in [0.15, 0.2) is 23.0 Å². The van der Waals surface area contributed by atoms with Crippen molar-refractivity contribution >= 4 is 11.6 Å². The highest BCUT2D eigenvalue weighted by Gasteiger charge is 2.16.